The number of rotatable bonds is 4. The molecule has 2 aliphatic heterocycles. The van der Waals surface area contributed by atoms with Gasteiger partial charge in [0.2, 0.25) is 0 Å². The largest absolute Gasteiger partial charge is 0.573 e. The fraction of sp³-hybridized carbons (Fsp3) is 0.435. The standard InChI is InChI=1S/C23H24F3NO4/c24-23(25,26)31-20-11-9-17(10-12-20)22(29)13-18-7-4-8-19(14-22)27(18)21(28)30-15-16-5-2-1-3-6-16/h1-3,5-6,9-12,18-19,29H,4,7-8,13-15H2. The van der Waals surface area contributed by atoms with Gasteiger partial charge in [-0.15, -0.1) is 13.2 Å². The minimum absolute atomic E-state index is 0.181. The summed E-state index contributed by atoms with van der Waals surface area (Å²) in [5.74, 6) is -0.332. The number of piperidine rings is 2. The molecule has 2 aromatic rings. The number of halogens is 3. The summed E-state index contributed by atoms with van der Waals surface area (Å²) in [6, 6.07) is 14.4. The molecule has 0 spiro atoms. The molecular formula is C23H24F3NO4. The Morgan fingerprint density at radius 2 is 1.65 bits per heavy atom. The normalized spacial score (nSPS) is 25.7. The van der Waals surface area contributed by atoms with Crippen LogP contribution in [-0.4, -0.2) is 34.5 Å². The van der Waals surface area contributed by atoms with E-state index in [1.165, 1.54) is 24.3 Å². The van der Waals surface area contributed by atoms with Gasteiger partial charge in [0, 0.05) is 24.9 Å². The van der Waals surface area contributed by atoms with Gasteiger partial charge in [-0.2, -0.15) is 0 Å². The van der Waals surface area contributed by atoms with E-state index in [4.69, 9.17) is 4.74 Å². The van der Waals surface area contributed by atoms with E-state index in [-0.39, 0.29) is 24.4 Å². The molecular weight excluding hydrogens is 411 g/mol. The van der Waals surface area contributed by atoms with Crippen LogP contribution in [-0.2, 0) is 16.9 Å². The minimum atomic E-state index is -4.76. The summed E-state index contributed by atoms with van der Waals surface area (Å²) in [6.45, 7) is 0.181. The van der Waals surface area contributed by atoms with E-state index in [9.17, 15) is 23.1 Å². The number of alkyl halides is 3. The van der Waals surface area contributed by atoms with Crippen LogP contribution in [0.4, 0.5) is 18.0 Å². The lowest BCUT2D eigenvalue weighted by Crippen LogP contribution is -2.58. The number of hydrogen-bond acceptors (Lipinski definition) is 4. The number of benzene rings is 2. The van der Waals surface area contributed by atoms with Crippen LogP contribution in [0, 0.1) is 0 Å². The lowest BCUT2D eigenvalue weighted by Gasteiger charge is -2.51. The highest BCUT2D eigenvalue weighted by Crippen LogP contribution is 2.45. The van der Waals surface area contributed by atoms with E-state index in [1.54, 1.807) is 4.90 Å². The molecule has 0 saturated carbocycles. The third kappa shape index (κ3) is 4.95. The molecule has 2 heterocycles. The van der Waals surface area contributed by atoms with Gasteiger partial charge in [-0.05, 0) is 42.5 Å². The lowest BCUT2D eigenvalue weighted by atomic mass is 9.72. The summed E-state index contributed by atoms with van der Waals surface area (Å²) in [4.78, 5) is 14.5. The van der Waals surface area contributed by atoms with Crippen LogP contribution in [0.3, 0.4) is 0 Å². The molecule has 2 saturated heterocycles. The van der Waals surface area contributed by atoms with E-state index in [1.807, 2.05) is 30.3 Å². The quantitative estimate of drug-likeness (QED) is 0.724. The molecule has 0 aliphatic carbocycles. The van der Waals surface area contributed by atoms with Crippen molar-refractivity contribution in [3.63, 3.8) is 0 Å². The van der Waals surface area contributed by atoms with Crippen LogP contribution in [0.25, 0.3) is 0 Å². The summed E-state index contributed by atoms with van der Waals surface area (Å²) in [5, 5.41) is 11.3. The Balaban J connectivity index is 1.45. The van der Waals surface area contributed by atoms with Crippen molar-refractivity contribution in [2.45, 2.75) is 62.8 Å². The van der Waals surface area contributed by atoms with Gasteiger partial charge < -0.3 is 19.5 Å². The number of ether oxygens (including phenoxy) is 2. The molecule has 4 rings (SSSR count). The van der Waals surface area contributed by atoms with Crippen molar-refractivity contribution in [3.8, 4) is 5.75 Å². The van der Waals surface area contributed by atoms with Crippen molar-refractivity contribution in [1.29, 1.82) is 0 Å². The summed E-state index contributed by atoms with van der Waals surface area (Å²) in [7, 11) is 0. The third-order valence-electron chi connectivity index (χ3n) is 6.05. The highest BCUT2D eigenvalue weighted by molar-refractivity contribution is 5.69. The van der Waals surface area contributed by atoms with E-state index >= 15 is 0 Å². The van der Waals surface area contributed by atoms with Crippen molar-refractivity contribution >= 4 is 6.09 Å². The molecule has 31 heavy (non-hydrogen) atoms. The topological polar surface area (TPSA) is 59.0 Å². The molecule has 2 atom stereocenters. The van der Waals surface area contributed by atoms with Gasteiger partial charge in [0.1, 0.15) is 12.4 Å². The second kappa shape index (κ2) is 8.42. The Hall–Kier alpha value is -2.74. The fourth-order valence-corrected chi connectivity index (χ4v) is 4.72. The van der Waals surface area contributed by atoms with E-state index in [0.717, 1.165) is 24.8 Å². The summed E-state index contributed by atoms with van der Waals surface area (Å²) in [5.41, 5.74) is 0.204. The number of aliphatic hydroxyl groups is 1. The van der Waals surface area contributed by atoms with Gasteiger partial charge in [-0.25, -0.2) is 4.79 Å². The summed E-state index contributed by atoms with van der Waals surface area (Å²) in [6.07, 6.45) is -2.10. The van der Waals surface area contributed by atoms with Gasteiger partial charge in [0.25, 0.3) is 0 Å². The second-order valence-corrected chi connectivity index (χ2v) is 8.20. The maximum absolute atomic E-state index is 12.8. The molecule has 2 aliphatic rings. The highest BCUT2D eigenvalue weighted by atomic mass is 19.4. The Bertz CT molecular complexity index is 887. The molecule has 2 aromatic carbocycles. The first-order valence-electron chi connectivity index (χ1n) is 10.3. The fourth-order valence-electron chi connectivity index (χ4n) is 4.72. The second-order valence-electron chi connectivity index (χ2n) is 8.20. The van der Waals surface area contributed by atoms with Gasteiger partial charge in [0.15, 0.2) is 0 Å². The Kier molecular flexibility index (Phi) is 5.83. The SMILES string of the molecule is O=C(OCc1ccccc1)N1C2CCCC1CC(O)(c1ccc(OC(F)(F)F)cc1)C2. The monoisotopic (exact) mass is 435 g/mol. The first-order valence-corrected chi connectivity index (χ1v) is 10.3. The number of hydrogen-bond donors (Lipinski definition) is 1. The molecule has 8 heteroatoms. The molecule has 0 aromatic heterocycles. The molecule has 1 N–H and O–H groups in total. The first kappa shape index (κ1) is 21.5. The van der Waals surface area contributed by atoms with E-state index in [0.29, 0.717) is 18.4 Å². The third-order valence-corrected chi connectivity index (χ3v) is 6.05. The van der Waals surface area contributed by atoms with Crippen LogP contribution in [0.15, 0.2) is 54.6 Å². The smallest absolute Gasteiger partial charge is 0.445 e. The average Bonchev–Trinajstić information content (AvgIpc) is 2.71. The van der Waals surface area contributed by atoms with Crippen molar-refractivity contribution in [3.05, 3.63) is 65.7 Å². The van der Waals surface area contributed by atoms with Crippen LogP contribution < -0.4 is 4.74 Å². The average molecular weight is 435 g/mol. The number of carbonyl (C=O) groups excluding carboxylic acids is 1. The predicted octanol–water partition coefficient (Wildman–Crippen LogP) is 5.13. The van der Waals surface area contributed by atoms with Gasteiger partial charge >= 0.3 is 12.5 Å². The van der Waals surface area contributed by atoms with Crippen LogP contribution in [0.1, 0.15) is 43.2 Å². The number of carbonyl (C=O) groups is 1. The van der Waals surface area contributed by atoms with Crippen molar-refractivity contribution in [2.24, 2.45) is 0 Å². The molecule has 1 amide bonds. The van der Waals surface area contributed by atoms with Gasteiger partial charge in [0.05, 0.1) is 5.60 Å². The Morgan fingerprint density at radius 3 is 2.23 bits per heavy atom. The van der Waals surface area contributed by atoms with Crippen LogP contribution in [0.2, 0.25) is 0 Å². The van der Waals surface area contributed by atoms with E-state index in [2.05, 4.69) is 4.74 Å². The maximum atomic E-state index is 12.8. The molecule has 2 bridgehead atoms. The van der Waals surface area contributed by atoms with Crippen molar-refractivity contribution < 1.29 is 32.5 Å². The van der Waals surface area contributed by atoms with Crippen molar-refractivity contribution in [2.75, 3.05) is 0 Å². The Labute approximate surface area is 178 Å². The van der Waals surface area contributed by atoms with E-state index < -0.39 is 18.1 Å². The summed E-state index contributed by atoms with van der Waals surface area (Å²) >= 11 is 0. The highest BCUT2D eigenvalue weighted by Gasteiger charge is 2.48. The minimum Gasteiger partial charge on any atom is -0.445 e. The molecule has 0 radical (unpaired) electrons. The lowest BCUT2D eigenvalue weighted by molar-refractivity contribution is -0.274. The van der Waals surface area contributed by atoms with Crippen LogP contribution in [0.5, 0.6) is 5.75 Å². The number of fused-ring (bicyclic) bond motifs is 2. The maximum Gasteiger partial charge on any atom is 0.573 e. The molecule has 166 valence electrons. The van der Waals surface area contributed by atoms with Gasteiger partial charge in [-0.1, -0.05) is 42.5 Å². The zero-order valence-electron chi connectivity index (χ0n) is 16.8. The van der Waals surface area contributed by atoms with Crippen LogP contribution >= 0.6 is 0 Å². The zero-order chi connectivity index (χ0) is 22.1. The summed E-state index contributed by atoms with van der Waals surface area (Å²) < 4.78 is 46.6. The number of nitrogens with zero attached hydrogens (tertiary/aromatic N) is 1. The zero-order valence-corrected chi connectivity index (χ0v) is 16.8. The Morgan fingerprint density at radius 1 is 1.03 bits per heavy atom. The molecule has 5 nitrogen and oxygen atoms in total. The first-order chi connectivity index (χ1) is 14.7. The number of amides is 1. The molecule has 2 unspecified atom stereocenters. The molecule has 2 fully saturated rings. The van der Waals surface area contributed by atoms with Crippen molar-refractivity contribution in [1.82, 2.24) is 4.90 Å². The van der Waals surface area contributed by atoms with Gasteiger partial charge in [-0.3, -0.25) is 0 Å². The predicted molar refractivity (Wildman–Crippen MR) is 106 cm³/mol.